The molecule has 2 aromatic rings. The van der Waals surface area contributed by atoms with Gasteiger partial charge in [-0.3, -0.25) is 9.59 Å². The van der Waals surface area contributed by atoms with Crippen molar-refractivity contribution in [2.75, 3.05) is 11.9 Å². The minimum absolute atomic E-state index is 0.00968. The predicted molar refractivity (Wildman–Crippen MR) is 116 cm³/mol. The number of carbonyl (C=O) groups excluding carboxylic acids is 2. The maximum atomic E-state index is 12.7. The van der Waals surface area contributed by atoms with Crippen LogP contribution in [-0.2, 0) is 0 Å². The van der Waals surface area contributed by atoms with E-state index < -0.39 is 0 Å². The molecule has 0 unspecified atom stereocenters. The summed E-state index contributed by atoms with van der Waals surface area (Å²) in [5.41, 5.74) is 1.37. The van der Waals surface area contributed by atoms with E-state index in [0.29, 0.717) is 35.1 Å². The van der Waals surface area contributed by atoms with Gasteiger partial charge in [0, 0.05) is 11.6 Å². The first-order valence-electron chi connectivity index (χ1n) is 9.41. The second kappa shape index (κ2) is 10.3. The van der Waals surface area contributed by atoms with Gasteiger partial charge in [-0.25, -0.2) is 0 Å². The molecule has 2 N–H and O–H groups in total. The standard InChI is InChI=1S/C22H27BrN2O3/c1-14(2)11-12-28-20-10-9-16(13-18(20)23)21(26)25-19-8-6-5-7-17(19)22(27)24-15(3)4/h5-10,13-15H,11-12H2,1-4H3,(H,24,27)(H,25,26). The molecule has 0 saturated carbocycles. The molecule has 0 aliphatic rings. The molecule has 0 atom stereocenters. The highest BCUT2D eigenvalue weighted by Crippen LogP contribution is 2.27. The lowest BCUT2D eigenvalue weighted by molar-refractivity contribution is 0.0944. The zero-order chi connectivity index (χ0) is 20.7. The molecular formula is C22H27BrN2O3. The summed E-state index contributed by atoms with van der Waals surface area (Å²) in [7, 11) is 0. The van der Waals surface area contributed by atoms with Crippen LogP contribution in [-0.4, -0.2) is 24.5 Å². The summed E-state index contributed by atoms with van der Waals surface area (Å²) in [6.45, 7) is 8.69. The van der Waals surface area contributed by atoms with E-state index >= 15 is 0 Å². The zero-order valence-corrected chi connectivity index (χ0v) is 18.3. The molecule has 0 fully saturated rings. The van der Waals surface area contributed by atoms with Gasteiger partial charge < -0.3 is 15.4 Å². The second-order valence-corrected chi connectivity index (χ2v) is 8.16. The van der Waals surface area contributed by atoms with E-state index in [-0.39, 0.29) is 17.9 Å². The summed E-state index contributed by atoms with van der Waals surface area (Å²) in [6, 6.07) is 12.2. The van der Waals surface area contributed by atoms with E-state index in [1.54, 1.807) is 42.5 Å². The molecule has 0 aliphatic heterocycles. The fourth-order valence-corrected chi connectivity index (χ4v) is 2.98. The van der Waals surface area contributed by atoms with Crippen LogP contribution in [0.25, 0.3) is 0 Å². The third-order valence-electron chi connectivity index (χ3n) is 3.99. The van der Waals surface area contributed by atoms with Gasteiger partial charge in [0.25, 0.3) is 11.8 Å². The van der Waals surface area contributed by atoms with Crippen molar-refractivity contribution in [2.24, 2.45) is 5.92 Å². The van der Waals surface area contributed by atoms with Gasteiger partial charge in [0.2, 0.25) is 0 Å². The molecule has 0 aliphatic carbocycles. The van der Waals surface area contributed by atoms with Crippen LogP contribution in [0.5, 0.6) is 5.75 Å². The molecule has 150 valence electrons. The summed E-state index contributed by atoms with van der Waals surface area (Å²) >= 11 is 3.46. The molecular weight excluding hydrogens is 420 g/mol. The summed E-state index contributed by atoms with van der Waals surface area (Å²) in [4.78, 5) is 25.0. The number of hydrogen-bond donors (Lipinski definition) is 2. The smallest absolute Gasteiger partial charge is 0.255 e. The zero-order valence-electron chi connectivity index (χ0n) is 16.7. The molecule has 0 saturated heterocycles. The highest BCUT2D eigenvalue weighted by Gasteiger charge is 2.15. The number of hydrogen-bond acceptors (Lipinski definition) is 3. The third-order valence-corrected chi connectivity index (χ3v) is 4.61. The molecule has 5 nitrogen and oxygen atoms in total. The van der Waals surface area contributed by atoms with Gasteiger partial charge in [-0.05, 0) is 72.4 Å². The van der Waals surface area contributed by atoms with Crippen LogP contribution in [0.1, 0.15) is 54.8 Å². The molecule has 0 aromatic heterocycles. The third kappa shape index (κ3) is 6.37. The fraction of sp³-hybridized carbons (Fsp3) is 0.364. The largest absolute Gasteiger partial charge is 0.492 e. The monoisotopic (exact) mass is 446 g/mol. The Balaban J connectivity index is 2.11. The average Bonchev–Trinajstić information content (AvgIpc) is 2.62. The Morgan fingerprint density at radius 1 is 1.04 bits per heavy atom. The van der Waals surface area contributed by atoms with Gasteiger partial charge >= 0.3 is 0 Å². The summed E-state index contributed by atoms with van der Waals surface area (Å²) in [5.74, 6) is 0.755. The van der Waals surface area contributed by atoms with Gasteiger partial charge in [0.15, 0.2) is 0 Å². The van der Waals surface area contributed by atoms with Crippen molar-refractivity contribution >= 4 is 33.4 Å². The molecule has 0 radical (unpaired) electrons. The normalized spacial score (nSPS) is 10.8. The van der Waals surface area contributed by atoms with Crippen LogP contribution >= 0.6 is 15.9 Å². The number of rotatable bonds is 8. The fourth-order valence-electron chi connectivity index (χ4n) is 2.49. The van der Waals surface area contributed by atoms with Gasteiger partial charge in [-0.1, -0.05) is 26.0 Å². The minimum Gasteiger partial charge on any atom is -0.492 e. The Labute approximate surface area is 175 Å². The van der Waals surface area contributed by atoms with Gasteiger partial charge in [-0.15, -0.1) is 0 Å². The topological polar surface area (TPSA) is 67.4 Å². The molecule has 28 heavy (non-hydrogen) atoms. The number of para-hydroxylation sites is 1. The van der Waals surface area contributed by atoms with E-state index in [1.165, 1.54) is 0 Å². The number of benzene rings is 2. The summed E-state index contributed by atoms with van der Waals surface area (Å²) in [6.07, 6.45) is 0.962. The molecule has 0 spiro atoms. The van der Waals surface area contributed by atoms with Crippen LogP contribution in [0, 0.1) is 5.92 Å². The Morgan fingerprint density at radius 2 is 1.75 bits per heavy atom. The second-order valence-electron chi connectivity index (χ2n) is 7.30. The number of ether oxygens (including phenoxy) is 1. The quantitative estimate of drug-likeness (QED) is 0.580. The predicted octanol–water partition coefficient (Wildman–Crippen LogP) is 5.26. The summed E-state index contributed by atoms with van der Waals surface area (Å²) < 4.78 is 6.47. The molecule has 0 heterocycles. The number of carbonyl (C=O) groups is 2. The van der Waals surface area contributed by atoms with Crippen molar-refractivity contribution in [1.29, 1.82) is 0 Å². The molecule has 2 aromatic carbocycles. The van der Waals surface area contributed by atoms with Crippen LogP contribution in [0.15, 0.2) is 46.9 Å². The number of halogens is 1. The van der Waals surface area contributed by atoms with Crippen molar-refractivity contribution in [3.63, 3.8) is 0 Å². The van der Waals surface area contributed by atoms with Gasteiger partial charge in [-0.2, -0.15) is 0 Å². The van der Waals surface area contributed by atoms with Gasteiger partial charge in [0.1, 0.15) is 5.75 Å². The SMILES string of the molecule is CC(C)CCOc1ccc(C(=O)Nc2ccccc2C(=O)NC(C)C)cc1Br. The van der Waals surface area contributed by atoms with Crippen LogP contribution in [0.3, 0.4) is 0 Å². The van der Waals surface area contributed by atoms with E-state index in [2.05, 4.69) is 40.4 Å². The van der Waals surface area contributed by atoms with Crippen molar-refractivity contribution in [3.05, 3.63) is 58.1 Å². The van der Waals surface area contributed by atoms with Gasteiger partial charge in [0.05, 0.1) is 22.3 Å². The number of amides is 2. The van der Waals surface area contributed by atoms with Crippen LogP contribution in [0.2, 0.25) is 0 Å². The highest BCUT2D eigenvalue weighted by molar-refractivity contribution is 9.10. The number of anilines is 1. The van der Waals surface area contributed by atoms with E-state index in [1.807, 2.05) is 13.8 Å². The molecule has 6 heteroatoms. The lowest BCUT2D eigenvalue weighted by atomic mass is 10.1. The maximum absolute atomic E-state index is 12.7. The van der Waals surface area contributed by atoms with Crippen LogP contribution < -0.4 is 15.4 Å². The first-order valence-corrected chi connectivity index (χ1v) is 10.2. The lowest BCUT2D eigenvalue weighted by Gasteiger charge is -2.14. The first-order chi connectivity index (χ1) is 13.3. The Morgan fingerprint density at radius 3 is 2.39 bits per heavy atom. The molecule has 2 rings (SSSR count). The first kappa shape index (κ1) is 22.0. The van der Waals surface area contributed by atoms with E-state index in [0.717, 1.165) is 10.9 Å². The molecule has 2 amide bonds. The van der Waals surface area contributed by atoms with E-state index in [4.69, 9.17) is 4.74 Å². The highest BCUT2D eigenvalue weighted by atomic mass is 79.9. The minimum atomic E-state index is -0.292. The average molecular weight is 447 g/mol. The summed E-state index contributed by atoms with van der Waals surface area (Å²) in [5, 5.41) is 5.67. The van der Waals surface area contributed by atoms with Crippen molar-refractivity contribution < 1.29 is 14.3 Å². The lowest BCUT2D eigenvalue weighted by Crippen LogP contribution is -2.31. The van der Waals surface area contributed by atoms with E-state index in [9.17, 15) is 9.59 Å². The maximum Gasteiger partial charge on any atom is 0.255 e. The van der Waals surface area contributed by atoms with Crippen molar-refractivity contribution in [1.82, 2.24) is 5.32 Å². The van der Waals surface area contributed by atoms with Crippen LogP contribution in [0.4, 0.5) is 5.69 Å². The van der Waals surface area contributed by atoms with Crippen molar-refractivity contribution in [3.8, 4) is 5.75 Å². The Hall–Kier alpha value is -2.34. The molecule has 0 bridgehead atoms. The Kier molecular flexibility index (Phi) is 8.05. The Bertz CT molecular complexity index is 834. The number of nitrogens with one attached hydrogen (secondary N) is 2. The van der Waals surface area contributed by atoms with Crippen molar-refractivity contribution in [2.45, 2.75) is 40.2 Å².